The average molecular weight is 231 g/mol. The van der Waals surface area contributed by atoms with Gasteiger partial charge in [-0.1, -0.05) is 0 Å². The van der Waals surface area contributed by atoms with Crippen molar-refractivity contribution in [3.05, 3.63) is 5.21 Å². The number of nitrogens with zero attached hydrogens (tertiary/aromatic N) is 3. The van der Waals surface area contributed by atoms with E-state index in [0.29, 0.717) is 24.7 Å². The minimum absolute atomic E-state index is 0.0878. The van der Waals surface area contributed by atoms with Crippen molar-refractivity contribution in [1.82, 2.24) is 5.01 Å². The molecule has 0 aromatic rings. The minimum atomic E-state index is -0.268. The summed E-state index contributed by atoms with van der Waals surface area (Å²) in [6.45, 7) is 9.54. The Morgan fingerprint density at radius 1 is 1.56 bits per heavy atom. The fourth-order valence-electron chi connectivity index (χ4n) is 1.60. The molecular formula is C10H21N3O3. The highest BCUT2D eigenvalue weighted by Gasteiger charge is 2.27. The zero-order valence-corrected chi connectivity index (χ0v) is 10.5. The van der Waals surface area contributed by atoms with Crippen molar-refractivity contribution >= 4 is 0 Å². The van der Waals surface area contributed by atoms with Gasteiger partial charge in [0.2, 0.25) is 5.28 Å². The molecule has 6 nitrogen and oxygen atoms in total. The first kappa shape index (κ1) is 13.0. The zero-order valence-electron chi connectivity index (χ0n) is 10.5. The predicted octanol–water partition coefficient (Wildman–Crippen LogP) is 1.70. The monoisotopic (exact) mass is 231 g/mol. The van der Waals surface area contributed by atoms with Crippen LogP contribution in [0.15, 0.2) is 5.28 Å². The van der Waals surface area contributed by atoms with Crippen LogP contribution in [-0.4, -0.2) is 41.4 Å². The Labute approximate surface area is 96.3 Å². The van der Waals surface area contributed by atoms with E-state index in [0.717, 1.165) is 6.42 Å². The van der Waals surface area contributed by atoms with Crippen LogP contribution in [0, 0.1) is 5.21 Å². The smallest absolute Gasteiger partial charge is 0.233 e. The van der Waals surface area contributed by atoms with Crippen LogP contribution < -0.4 is 0 Å². The van der Waals surface area contributed by atoms with E-state index in [-0.39, 0.29) is 11.6 Å². The van der Waals surface area contributed by atoms with E-state index in [1.807, 2.05) is 27.7 Å². The summed E-state index contributed by atoms with van der Waals surface area (Å²) in [4.78, 5) is 5.64. The van der Waals surface area contributed by atoms with Crippen molar-refractivity contribution in [2.75, 3.05) is 19.8 Å². The first-order valence-electron chi connectivity index (χ1n) is 5.64. The summed E-state index contributed by atoms with van der Waals surface area (Å²) >= 11 is 0. The summed E-state index contributed by atoms with van der Waals surface area (Å²) in [7, 11) is 0. The summed E-state index contributed by atoms with van der Waals surface area (Å²) < 4.78 is 5.12. The molecule has 1 rings (SSSR count). The molecule has 0 unspecified atom stereocenters. The van der Waals surface area contributed by atoms with Gasteiger partial charge in [-0.15, -0.1) is 5.01 Å². The van der Waals surface area contributed by atoms with Crippen LogP contribution in [-0.2, 0) is 9.57 Å². The summed E-state index contributed by atoms with van der Waals surface area (Å²) in [6, 6.07) is 0. The molecule has 1 heterocycles. The van der Waals surface area contributed by atoms with Gasteiger partial charge in [-0.05, 0) is 27.7 Å². The van der Waals surface area contributed by atoms with Gasteiger partial charge in [0.05, 0.1) is 30.3 Å². The van der Waals surface area contributed by atoms with E-state index in [1.165, 1.54) is 0 Å². The minimum Gasteiger partial charge on any atom is -0.569 e. The number of ether oxygens (including phenoxy) is 1. The molecule has 1 fully saturated rings. The molecule has 1 aliphatic heterocycles. The van der Waals surface area contributed by atoms with Crippen LogP contribution in [0.2, 0.25) is 0 Å². The lowest BCUT2D eigenvalue weighted by atomic mass is 10.1. The molecule has 1 saturated heterocycles. The molecule has 1 atom stereocenters. The Hall–Kier alpha value is -1.04. The van der Waals surface area contributed by atoms with Crippen LogP contribution in [0.5, 0.6) is 0 Å². The predicted molar refractivity (Wildman–Crippen MR) is 58.5 cm³/mol. The third kappa shape index (κ3) is 3.52. The van der Waals surface area contributed by atoms with Crippen LogP contribution >= 0.6 is 0 Å². The molecule has 1 aliphatic rings. The van der Waals surface area contributed by atoms with Crippen molar-refractivity contribution in [3.8, 4) is 0 Å². The Morgan fingerprint density at radius 2 is 2.25 bits per heavy atom. The Bertz CT molecular complexity index is 244. The van der Waals surface area contributed by atoms with Crippen LogP contribution in [0.4, 0.5) is 0 Å². The highest BCUT2D eigenvalue weighted by Crippen LogP contribution is 2.14. The van der Waals surface area contributed by atoms with Gasteiger partial charge in [-0.3, -0.25) is 0 Å². The Morgan fingerprint density at radius 3 is 2.69 bits per heavy atom. The van der Waals surface area contributed by atoms with Gasteiger partial charge >= 0.3 is 0 Å². The molecule has 0 aliphatic carbocycles. The van der Waals surface area contributed by atoms with E-state index >= 15 is 0 Å². The van der Waals surface area contributed by atoms with Gasteiger partial charge < -0.3 is 14.8 Å². The third-order valence-corrected chi connectivity index (χ3v) is 2.43. The molecule has 6 heteroatoms. The lowest BCUT2D eigenvalue weighted by Crippen LogP contribution is -2.45. The standard InChI is InChI=1S/C10H21N3O3/c1-5-12(10(2,3)4)13(14)11-16-9-6-7-15-8-9/h9H,5-8H2,1-4H3/b13-11-/t9-/m1/s1. The van der Waals surface area contributed by atoms with Crippen molar-refractivity contribution < 1.29 is 14.5 Å². The first-order chi connectivity index (χ1) is 7.45. The van der Waals surface area contributed by atoms with Crippen molar-refractivity contribution in [2.45, 2.75) is 45.8 Å². The van der Waals surface area contributed by atoms with E-state index < -0.39 is 0 Å². The van der Waals surface area contributed by atoms with Gasteiger partial charge in [0.1, 0.15) is 0 Å². The lowest BCUT2D eigenvalue weighted by molar-refractivity contribution is -0.725. The van der Waals surface area contributed by atoms with Gasteiger partial charge in [0, 0.05) is 6.42 Å². The fraction of sp³-hybridized carbons (Fsp3) is 1.00. The van der Waals surface area contributed by atoms with Gasteiger partial charge in [0.25, 0.3) is 0 Å². The quantitative estimate of drug-likeness (QED) is 0.420. The third-order valence-electron chi connectivity index (χ3n) is 2.43. The molecule has 0 aromatic carbocycles. The second-order valence-corrected chi connectivity index (χ2v) is 4.81. The lowest BCUT2D eigenvalue weighted by Gasteiger charge is -2.29. The van der Waals surface area contributed by atoms with Gasteiger partial charge in [0.15, 0.2) is 6.10 Å². The molecule has 0 aromatic heterocycles. The van der Waals surface area contributed by atoms with Crippen LogP contribution in [0.3, 0.4) is 0 Å². The largest absolute Gasteiger partial charge is 0.569 e. The van der Waals surface area contributed by atoms with Gasteiger partial charge in [-0.2, -0.15) is 0 Å². The molecule has 16 heavy (non-hydrogen) atoms. The highest BCUT2D eigenvalue weighted by molar-refractivity contribution is 4.67. The number of rotatable bonds is 4. The van der Waals surface area contributed by atoms with Crippen LogP contribution in [0.1, 0.15) is 34.1 Å². The SMILES string of the molecule is CCN(/[N+]([O-])=N/O[C@@H]1CCOC1)C(C)(C)C. The van der Waals surface area contributed by atoms with E-state index in [9.17, 15) is 5.21 Å². The summed E-state index contributed by atoms with van der Waals surface area (Å²) in [6.07, 6.45) is 0.703. The second kappa shape index (κ2) is 5.34. The zero-order chi connectivity index (χ0) is 12.2. The first-order valence-corrected chi connectivity index (χ1v) is 5.64. The molecule has 0 spiro atoms. The summed E-state index contributed by atoms with van der Waals surface area (Å²) in [5.41, 5.74) is -0.268. The van der Waals surface area contributed by atoms with E-state index in [1.54, 1.807) is 5.01 Å². The molecular weight excluding hydrogens is 210 g/mol. The number of hydrogen-bond acceptors (Lipinski definition) is 4. The highest BCUT2D eigenvalue weighted by atomic mass is 16.7. The molecule has 0 amide bonds. The maximum Gasteiger partial charge on any atom is 0.233 e. The average Bonchev–Trinajstić information content (AvgIpc) is 2.65. The second-order valence-electron chi connectivity index (χ2n) is 4.81. The molecule has 0 saturated carbocycles. The Balaban J connectivity index is 2.52. The summed E-state index contributed by atoms with van der Waals surface area (Å²) in [5, 5.41) is 16.8. The molecule has 0 bridgehead atoms. The van der Waals surface area contributed by atoms with Crippen LogP contribution in [0.25, 0.3) is 0 Å². The van der Waals surface area contributed by atoms with E-state index in [4.69, 9.17) is 9.57 Å². The normalized spacial score (nSPS) is 22.2. The summed E-state index contributed by atoms with van der Waals surface area (Å²) in [5.74, 6) is 0. The van der Waals surface area contributed by atoms with Crippen molar-refractivity contribution in [1.29, 1.82) is 0 Å². The van der Waals surface area contributed by atoms with Gasteiger partial charge in [-0.25, -0.2) is 0 Å². The fourth-order valence-corrected chi connectivity index (χ4v) is 1.60. The molecule has 94 valence electrons. The number of hydrogen-bond donors (Lipinski definition) is 0. The maximum absolute atomic E-state index is 11.7. The van der Waals surface area contributed by atoms with Crippen molar-refractivity contribution in [2.24, 2.45) is 5.28 Å². The topological polar surface area (TPSA) is 60.1 Å². The van der Waals surface area contributed by atoms with E-state index in [2.05, 4.69) is 5.28 Å². The Kier molecular flexibility index (Phi) is 4.35. The van der Waals surface area contributed by atoms with Crippen molar-refractivity contribution in [3.63, 3.8) is 0 Å². The molecule has 0 radical (unpaired) electrons. The number of hydrazine groups is 1. The molecule has 0 N–H and O–H groups in total. The maximum atomic E-state index is 11.7.